The maximum atomic E-state index is 13.6. The van der Waals surface area contributed by atoms with Gasteiger partial charge < -0.3 is 9.64 Å². The summed E-state index contributed by atoms with van der Waals surface area (Å²) in [5, 5.41) is 13.5. The highest BCUT2D eigenvalue weighted by atomic mass is 16.5. The molecule has 158 valence electrons. The maximum Gasteiger partial charge on any atom is 0.254 e. The van der Waals surface area contributed by atoms with E-state index in [-0.39, 0.29) is 11.9 Å². The first-order chi connectivity index (χ1) is 15.1. The number of hydrogen-bond acceptors (Lipinski definition) is 5. The second-order valence-electron chi connectivity index (χ2n) is 8.25. The lowest BCUT2D eigenvalue weighted by Crippen LogP contribution is -2.38. The van der Waals surface area contributed by atoms with Gasteiger partial charge in [0.15, 0.2) is 5.65 Å². The molecule has 1 aliphatic carbocycles. The molecule has 0 radical (unpaired) electrons. The van der Waals surface area contributed by atoms with E-state index in [0.29, 0.717) is 23.5 Å². The lowest BCUT2D eigenvalue weighted by molar-refractivity contribution is 0.0665. The number of ether oxygens (including phenoxy) is 1. The monoisotopic (exact) mass is 415 g/mol. The Bertz CT molecular complexity index is 1260. The number of tetrazole rings is 1. The smallest absolute Gasteiger partial charge is 0.254 e. The SMILES string of the molecule is COc1cccc(C(=O)N(Cc2cc3cc(C)ccc3n3nnnc23)C2CCCC2)c1. The number of aromatic nitrogens is 4. The van der Waals surface area contributed by atoms with Gasteiger partial charge in [0.1, 0.15) is 5.75 Å². The molecule has 2 aromatic carbocycles. The lowest BCUT2D eigenvalue weighted by Gasteiger charge is -2.29. The predicted molar refractivity (Wildman–Crippen MR) is 118 cm³/mol. The van der Waals surface area contributed by atoms with E-state index in [4.69, 9.17) is 4.74 Å². The van der Waals surface area contributed by atoms with Crippen molar-refractivity contribution in [2.75, 3.05) is 7.11 Å². The van der Waals surface area contributed by atoms with Gasteiger partial charge >= 0.3 is 0 Å². The molecule has 0 unspecified atom stereocenters. The molecule has 0 aliphatic heterocycles. The molecule has 31 heavy (non-hydrogen) atoms. The van der Waals surface area contributed by atoms with Gasteiger partial charge in [0.2, 0.25) is 0 Å². The molecule has 0 saturated heterocycles. The average molecular weight is 415 g/mol. The van der Waals surface area contributed by atoms with Gasteiger partial charge in [-0.1, -0.05) is 30.5 Å². The Morgan fingerprint density at radius 2 is 2.00 bits per heavy atom. The van der Waals surface area contributed by atoms with Crippen molar-refractivity contribution in [1.82, 2.24) is 24.9 Å². The van der Waals surface area contributed by atoms with Crippen LogP contribution in [0.1, 0.15) is 47.2 Å². The third-order valence-electron chi connectivity index (χ3n) is 6.18. The minimum Gasteiger partial charge on any atom is -0.497 e. The molecular formula is C24H25N5O2. The molecule has 2 aromatic heterocycles. The number of fused-ring (bicyclic) bond motifs is 3. The molecule has 2 heterocycles. The van der Waals surface area contributed by atoms with Gasteiger partial charge in [-0.25, -0.2) is 0 Å². The van der Waals surface area contributed by atoms with Gasteiger partial charge in [0, 0.05) is 22.6 Å². The summed E-state index contributed by atoms with van der Waals surface area (Å²) >= 11 is 0. The Labute approximate surface area is 180 Å². The quantitative estimate of drug-likeness (QED) is 0.489. The number of hydrogen-bond donors (Lipinski definition) is 0. The van der Waals surface area contributed by atoms with Crippen LogP contribution in [0.5, 0.6) is 5.75 Å². The number of benzene rings is 2. The molecule has 7 nitrogen and oxygen atoms in total. The minimum atomic E-state index is 0.0146. The molecule has 1 amide bonds. The van der Waals surface area contributed by atoms with Crippen LogP contribution in [0.15, 0.2) is 48.5 Å². The number of rotatable bonds is 5. The summed E-state index contributed by atoms with van der Waals surface area (Å²) in [5.74, 6) is 0.697. The molecule has 4 aromatic rings. The summed E-state index contributed by atoms with van der Waals surface area (Å²) in [5.41, 5.74) is 4.41. The van der Waals surface area contributed by atoms with E-state index in [1.54, 1.807) is 11.6 Å². The molecule has 5 rings (SSSR count). The fourth-order valence-electron chi connectivity index (χ4n) is 4.59. The van der Waals surface area contributed by atoms with Gasteiger partial charge in [-0.15, -0.1) is 5.10 Å². The first-order valence-corrected chi connectivity index (χ1v) is 10.7. The van der Waals surface area contributed by atoms with Gasteiger partial charge in [-0.05, 0) is 66.6 Å². The lowest BCUT2D eigenvalue weighted by atomic mass is 10.1. The molecule has 0 spiro atoms. The van der Waals surface area contributed by atoms with Gasteiger partial charge in [-0.3, -0.25) is 4.79 Å². The highest BCUT2D eigenvalue weighted by Crippen LogP contribution is 2.29. The van der Waals surface area contributed by atoms with Crippen LogP contribution < -0.4 is 4.74 Å². The van der Waals surface area contributed by atoms with E-state index >= 15 is 0 Å². The fourth-order valence-corrected chi connectivity index (χ4v) is 4.59. The van der Waals surface area contributed by atoms with Crippen LogP contribution in [0.25, 0.3) is 16.6 Å². The largest absolute Gasteiger partial charge is 0.497 e. The highest BCUT2D eigenvalue weighted by Gasteiger charge is 2.29. The van der Waals surface area contributed by atoms with Crippen molar-refractivity contribution in [3.8, 4) is 5.75 Å². The zero-order valence-corrected chi connectivity index (χ0v) is 17.8. The molecule has 0 atom stereocenters. The molecule has 0 bridgehead atoms. The predicted octanol–water partition coefficient (Wildman–Crippen LogP) is 4.18. The average Bonchev–Trinajstić information content (AvgIpc) is 3.49. The van der Waals surface area contributed by atoms with E-state index in [1.807, 2.05) is 35.2 Å². The summed E-state index contributed by atoms with van der Waals surface area (Å²) in [6.45, 7) is 2.54. The number of aryl methyl sites for hydroxylation is 1. The van der Waals surface area contributed by atoms with Gasteiger partial charge in [0.25, 0.3) is 5.91 Å². The third kappa shape index (κ3) is 3.60. The van der Waals surface area contributed by atoms with Crippen LogP contribution in [0.3, 0.4) is 0 Å². The van der Waals surface area contributed by atoms with Crippen molar-refractivity contribution in [1.29, 1.82) is 0 Å². The van der Waals surface area contributed by atoms with Crippen molar-refractivity contribution in [2.24, 2.45) is 0 Å². The van der Waals surface area contributed by atoms with Crippen LogP contribution in [-0.4, -0.2) is 44.0 Å². The Hall–Kier alpha value is -3.48. The highest BCUT2D eigenvalue weighted by molar-refractivity contribution is 5.95. The summed E-state index contributed by atoms with van der Waals surface area (Å²) in [7, 11) is 1.62. The van der Waals surface area contributed by atoms with E-state index in [1.165, 1.54) is 5.56 Å². The second kappa shape index (κ2) is 7.98. The molecule has 1 fully saturated rings. The van der Waals surface area contributed by atoms with E-state index in [9.17, 15) is 4.79 Å². The first-order valence-electron chi connectivity index (χ1n) is 10.7. The van der Waals surface area contributed by atoms with Crippen molar-refractivity contribution >= 4 is 22.5 Å². The minimum absolute atomic E-state index is 0.0146. The van der Waals surface area contributed by atoms with E-state index in [0.717, 1.165) is 42.1 Å². The molecule has 1 aliphatic rings. The first kappa shape index (κ1) is 19.5. The Kier molecular flexibility index (Phi) is 5.02. The standard InChI is InChI=1S/C24H25N5O2/c1-16-10-11-22-18(12-16)13-19(23-25-26-27-29(22)23)15-28(20-7-3-4-8-20)24(30)17-6-5-9-21(14-17)31-2/h5-6,9-14,20H,3-4,7-8,15H2,1-2H3. The normalized spacial score (nSPS) is 14.4. The van der Waals surface area contributed by atoms with E-state index < -0.39 is 0 Å². The number of pyridine rings is 1. The van der Waals surface area contributed by atoms with Gasteiger partial charge in [0.05, 0.1) is 19.2 Å². The van der Waals surface area contributed by atoms with Crippen LogP contribution in [0.2, 0.25) is 0 Å². The topological polar surface area (TPSA) is 72.6 Å². The molecular weight excluding hydrogens is 390 g/mol. The Morgan fingerprint density at radius 3 is 2.81 bits per heavy atom. The maximum absolute atomic E-state index is 13.6. The van der Waals surface area contributed by atoms with Crippen LogP contribution in [-0.2, 0) is 6.54 Å². The summed E-state index contributed by atoms with van der Waals surface area (Å²) in [4.78, 5) is 15.6. The summed E-state index contributed by atoms with van der Waals surface area (Å²) in [6, 6.07) is 15.9. The van der Waals surface area contributed by atoms with Crippen LogP contribution >= 0.6 is 0 Å². The number of nitrogens with zero attached hydrogens (tertiary/aromatic N) is 5. The number of methoxy groups -OCH3 is 1. The summed E-state index contributed by atoms with van der Waals surface area (Å²) < 4.78 is 7.11. The van der Waals surface area contributed by atoms with Crippen molar-refractivity contribution in [3.05, 3.63) is 65.2 Å². The van der Waals surface area contributed by atoms with Crippen LogP contribution in [0, 0.1) is 6.92 Å². The number of carbonyl (C=O) groups is 1. The molecule has 1 saturated carbocycles. The Balaban J connectivity index is 1.58. The molecule has 0 N–H and O–H groups in total. The number of amides is 1. The summed E-state index contributed by atoms with van der Waals surface area (Å²) in [6.07, 6.45) is 4.32. The van der Waals surface area contributed by atoms with Crippen LogP contribution in [0.4, 0.5) is 0 Å². The third-order valence-corrected chi connectivity index (χ3v) is 6.18. The Morgan fingerprint density at radius 1 is 1.16 bits per heavy atom. The zero-order chi connectivity index (χ0) is 21.4. The van der Waals surface area contributed by atoms with Gasteiger partial charge in [-0.2, -0.15) is 4.52 Å². The number of carbonyl (C=O) groups excluding carboxylic acids is 1. The second-order valence-corrected chi connectivity index (χ2v) is 8.25. The van der Waals surface area contributed by atoms with Crippen molar-refractivity contribution < 1.29 is 9.53 Å². The van der Waals surface area contributed by atoms with Crippen molar-refractivity contribution in [3.63, 3.8) is 0 Å². The fraction of sp³-hybridized carbons (Fsp3) is 0.333. The zero-order valence-electron chi connectivity index (χ0n) is 17.8. The van der Waals surface area contributed by atoms with Crippen molar-refractivity contribution in [2.45, 2.75) is 45.2 Å². The molecule has 7 heteroatoms. The van der Waals surface area contributed by atoms with E-state index in [2.05, 4.69) is 40.6 Å².